The SMILES string of the molecule is COc1cc(OC)nc(SC(C(C#N)OC(=O)c2ccc(Cl)cc2)C(C)(C)C)n1. The molecule has 0 N–H and O–H groups in total. The number of methoxy groups -OCH3 is 2. The van der Waals surface area contributed by atoms with Crippen LogP contribution in [0, 0.1) is 16.7 Å². The van der Waals surface area contributed by atoms with Crippen LogP contribution in [0.4, 0.5) is 0 Å². The Morgan fingerprint density at radius 2 is 1.69 bits per heavy atom. The van der Waals surface area contributed by atoms with E-state index in [1.165, 1.54) is 26.0 Å². The molecule has 29 heavy (non-hydrogen) atoms. The van der Waals surface area contributed by atoms with Crippen molar-refractivity contribution in [1.29, 1.82) is 5.26 Å². The third-order valence-electron chi connectivity index (χ3n) is 3.88. The van der Waals surface area contributed by atoms with E-state index in [-0.39, 0.29) is 0 Å². The topological polar surface area (TPSA) is 94.3 Å². The van der Waals surface area contributed by atoms with Gasteiger partial charge in [-0.25, -0.2) is 4.79 Å². The summed E-state index contributed by atoms with van der Waals surface area (Å²) in [6.45, 7) is 5.84. The summed E-state index contributed by atoms with van der Waals surface area (Å²) in [5.74, 6) is 0.0598. The van der Waals surface area contributed by atoms with Gasteiger partial charge in [0.1, 0.15) is 6.07 Å². The smallest absolute Gasteiger partial charge is 0.339 e. The van der Waals surface area contributed by atoms with Crippen LogP contribution in [-0.4, -0.2) is 41.5 Å². The van der Waals surface area contributed by atoms with Crippen molar-refractivity contribution in [2.75, 3.05) is 14.2 Å². The fraction of sp³-hybridized carbons (Fsp3) is 0.400. The minimum atomic E-state index is -1.04. The Morgan fingerprint density at radius 1 is 1.14 bits per heavy atom. The molecule has 2 atom stereocenters. The first-order valence-corrected chi connectivity index (χ1v) is 9.93. The van der Waals surface area contributed by atoms with Crippen LogP contribution in [0.1, 0.15) is 31.1 Å². The van der Waals surface area contributed by atoms with Gasteiger partial charge in [-0.2, -0.15) is 15.2 Å². The van der Waals surface area contributed by atoms with Crippen LogP contribution in [0.25, 0.3) is 0 Å². The molecule has 2 aromatic rings. The number of hydrogen-bond donors (Lipinski definition) is 0. The van der Waals surface area contributed by atoms with Gasteiger partial charge < -0.3 is 14.2 Å². The van der Waals surface area contributed by atoms with E-state index < -0.39 is 22.7 Å². The first kappa shape index (κ1) is 22.8. The van der Waals surface area contributed by atoms with Crippen LogP contribution in [0.3, 0.4) is 0 Å². The summed E-state index contributed by atoms with van der Waals surface area (Å²) in [6.07, 6.45) is -1.04. The molecule has 2 unspecified atom stereocenters. The Hall–Kier alpha value is -2.50. The highest BCUT2D eigenvalue weighted by Crippen LogP contribution is 2.38. The number of esters is 1. The average Bonchev–Trinajstić information content (AvgIpc) is 2.69. The Morgan fingerprint density at radius 3 is 2.14 bits per heavy atom. The zero-order valence-corrected chi connectivity index (χ0v) is 18.4. The van der Waals surface area contributed by atoms with Gasteiger partial charge in [-0.3, -0.25) is 0 Å². The van der Waals surface area contributed by atoms with Crippen LogP contribution in [0.2, 0.25) is 5.02 Å². The third kappa shape index (κ3) is 6.24. The molecule has 9 heteroatoms. The normalized spacial score (nSPS) is 13.1. The molecule has 154 valence electrons. The molecular weight excluding hydrogens is 414 g/mol. The molecule has 0 radical (unpaired) electrons. The maximum Gasteiger partial charge on any atom is 0.339 e. The molecule has 0 amide bonds. The molecule has 0 aliphatic carbocycles. The summed E-state index contributed by atoms with van der Waals surface area (Å²) in [4.78, 5) is 21.1. The van der Waals surface area contributed by atoms with Crippen LogP contribution in [0.5, 0.6) is 11.8 Å². The van der Waals surface area contributed by atoms with Gasteiger partial charge in [0.25, 0.3) is 0 Å². The number of carbonyl (C=O) groups is 1. The highest BCUT2D eigenvalue weighted by atomic mass is 35.5. The third-order valence-corrected chi connectivity index (χ3v) is 5.73. The number of nitrogens with zero attached hydrogens (tertiary/aromatic N) is 3. The fourth-order valence-electron chi connectivity index (χ4n) is 2.38. The van der Waals surface area contributed by atoms with Crippen molar-refractivity contribution in [3.05, 3.63) is 40.9 Å². The van der Waals surface area contributed by atoms with E-state index in [1.807, 2.05) is 20.8 Å². The Kier molecular flexibility index (Phi) is 7.71. The molecule has 0 spiro atoms. The number of nitriles is 1. The van der Waals surface area contributed by atoms with E-state index in [0.29, 0.717) is 27.5 Å². The summed E-state index contributed by atoms with van der Waals surface area (Å²) in [5.41, 5.74) is -0.100. The minimum absolute atomic E-state index is 0.312. The van der Waals surface area contributed by atoms with Gasteiger partial charge in [-0.05, 0) is 29.7 Å². The average molecular weight is 436 g/mol. The largest absolute Gasteiger partial charge is 0.481 e. The maximum absolute atomic E-state index is 12.5. The predicted octanol–water partition coefficient (Wildman–Crippen LogP) is 4.40. The number of benzene rings is 1. The molecule has 0 aliphatic heterocycles. The second-order valence-electron chi connectivity index (χ2n) is 7.10. The summed E-state index contributed by atoms with van der Waals surface area (Å²) in [6, 6.07) is 9.92. The van der Waals surface area contributed by atoms with E-state index in [9.17, 15) is 10.1 Å². The van der Waals surface area contributed by atoms with Crippen molar-refractivity contribution in [3.8, 4) is 17.8 Å². The Labute approximate surface area is 179 Å². The predicted molar refractivity (Wildman–Crippen MR) is 111 cm³/mol. The number of thioether (sulfide) groups is 1. The monoisotopic (exact) mass is 435 g/mol. The molecule has 0 aliphatic rings. The highest BCUT2D eigenvalue weighted by molar-refractivity contribution is 7.99. The number of carbonyl (C=O) groups excluding carboxylic acids is 1. The van der Waals surface area contributed by atoms with Gasteiger partial charge in [-0.1, -0.05) is 44.1 Å². The minimum Gasteiger partial charge on any atom is -0.481 e. The van der Waals surface area contributed by atoms with Crippen LogP contribution >= 0.6 is 23.4 Å². The maximum atomic E-state index is 12.5. The van der Waals surface area contributed by atoms with Gasteiger partial charge in [0, 0.05) is 5.02 Å². The first-order valence-electron chi connectivity index (χ1n) is 8.67. The van der Waals surface area contributed by atoms with E-state index in [2.05, 4.69) is 16.0 Å². The zero-order valence-electron chi connectivity index (χ0n) is 16.8. The summed E-state index contributed by atoms with van der Waals surface area (Å²) < 4.78 is 15.9. The van der Waals surface area contributed by atoms with E-state index in [0.717, 1.165) is 0 Å². The van der Waals surface area contributed by atoms with Gasteiger partial charge in [0.15, 0.2) is 5.16 Å². The number of hydrogen-bond acceptors (Lipinski definition) is 8. The van der Waals surface area contributed by atoms with E-state index in [1.54, 1.807) is 30.3 Å². The lowest BCUT2D eigenvalue weighted by molar-refractivity contribution is 0.0353. The highest BCUT2D eigenvalue weighted by Gasteiger charge is 2.37. The van der Waals surface area contributed by atoms with Gasteiger partial charge in [0.05, 0.1) is 31.1 Å². The molecule has 0 fully saturated rings. The van der Waals surface area contributed by atoms with Crippen molar-refractivity contribution in [3.63, 3.8) is 0 Å². The second kappa shape index (κ2) is 9.81. The zero-order chi connectivity index (χ0) is 21.6. The van der Waals surface area contributed by atoms with Gasteiger partial charge in [0.2, 0.25) is 17.9 Å². The van der Waals surface area contributed by atoms with Crippen molar-refractivity contribution in [2.24, 2.45) is 5.41 Å². The van der Waals surface area contributed by atoms with Crippen LogP contribution in [0.15, 0.2) is 35.5 Å². The van der Waals surface area contributed by atoms with Crippen LogP contribution in [-0.2, 0) is 4.74 Å². The summed E-state index contributed by atoms with van der Waals surface area (Å²) in [5, 5.41) is 10.1. The molecule has 0 saturated heterocycles. The standard InChI is InChI=1S/C20H22ClN3O4S/c1-20(2,3)17(29-19-23-15(26-4)10-16(24-19)27-5)14(11-22)28-18(25)12-6-8-13(21)9-7-12/h6-10,14,17H,1-5H3. The number of aromatic nitrogens is 2. The molecule has 2 rings (SSSR count). The molecule has 0 saturated carbocycles. The lowest BCUT2D eigenvalue weighted by Crippen LogP contribution is -2.37. The van der Waals surface area contributed by atoms with Crippen molar-refractivity contribution in [2.45, 2.75) is 37.3 Å². The summed E-state index contributed by atoms with van der Waals surface area (Å²) >= 11 is 7.08. The fourth-order valence-corrected chi connectivity index (χ4v) is 3.61. The first-order chi connectivity index (χ1) is 13.7. The van der Waals surface area contributed by atoms with Gasteiger partial charge >= 0.3 is 5.97 Å². The molecule has 1 aromatic carbocycles. The lowest BCUT2D eigenvalue weighted by atomic mass is 9.88. The number of rotatable bonds is 7. The molecule has 1 aromatic heterocycles. The van der Waals surface area contributed by atoms with E-state index >= 15 is 0 Å². The number of halogens is 1. The number of ether oxygens (including phenoxy) is 3. The molecule has 0 bridgehead atoms. The van der Waals surface area contributed by atoms with E-state index in [4.69, 9.17) is 25.8 Å². The lowest BCUT2D eigenvalue weighted by Gasteiger charge is -2.32. The van der Waals surface area contributed by atoms with Crippen molar-refractivity contribution >= 4 is 29.3 Å². The quantitative estimate of drug-likeness (QED) is 0.358. The molecule has 1 heterocycles. The molecular formula is C20H22ClN3O4S. The summed E-state index contributed by atoms with van der Waals surface area (Å²) in [7, 11) is 2.98. The van der Waals surface area contributed by atoms with Crippen molar-refractivity contribution < 1.29 is 19.0 Å². The van der Waals surface area contributed by atoms with Crippen LogP contribution < -0.4 is 9.47 Å². The Balaban J connectivity index is 2.29. The van der Waals surface area contributed by atoms with Crippen molar-refractivity contribution in [1.82, 2.24) is 9.97 Å². The van der Waals surface area contributed by atoms with Gasteiger partial charge in [-0.15, -0.1) is 0 Å². The molecule has 7 nitrogen and oxygen atoms in total. The Bertz CT molecular complexity index is 872. The second-order valence-corrected chi connectivity index (χ2v) is 8.65.